The zero-order chi connectivity index (χ0) is 13.3. The number of nitrogens with two attached hydrogens (primary N) is 1. The van der Waals surface area contributed by atoms with E-state index in [2.05, 4.69) is 32.6 Å². The molecule has 2 fully saturated rings. The molecule has 0 bridgehead atoms. The van der Waals surface area contributed by atoms with Gasteiger partial charge in [-0.3, -0.25) is 4.90 Å². The number of rotatable bonds is 3. The zero-order valence-corrected chi connectivity index (χ0v) is 12.5. The monoisotopic (exact) mass is 254 g/mol. The van der Waals surface area contributed by atoms with E-state index in [0.29, 0.717) is 18.2 Å². The summed E-state index contributed by atoms with van der Waals surface area (Å²) in [7, 11) is 0. The lowest BCUT2D eigenvalue weighted by Gasteiger charge is -2.52. The predicted octanol–water partition coefficient (Wildman–Crippen LogP) is 2.53. The van der Waals surface area contributed by atoms with Gasteiger partial charge in [-0.15, -0.1) is 0 Å². The minimum absolute atomic E-state index is 0.174. The second-order valence-electron chi connectivity index (χ2n) is 6.49. The number of nitrogens with zero attached hydrogens (tertiary/aromatic N) is 1. The lowest BCUT2D eigenvalue weighted by Crippen LogP contribution is -2.62. The molecule has 3 heteroatoms. The molecule has 2 N–H and O–H groups in total. The summed E-state index contributed by atoms with van der Waals surface area (Å²) in [6, 6.07) is 1.40. The van der Waals surface area contributed by atoms with Crippen LogP contribution >= 0.6 is 0 Å². The summed E-state index contributed by atoms with van der Waals surface area (Å²) in [6.07, 6.45) is 6.76. The van der Waals surface area contributed by atoms with Crippen molar-refractivity contribution >= 4 is 0 Å². The molecular weight excluding hydrogens is 224 g/mol. The number of likely N-dealkylation sites (tertiary alicyclic amines) is 1. The highest BCUT2D eigenvalue weighted by molar-refractivity contribution is 5.03. The van der Waals surface area contributed by atoms with E-state index in [9.17, 15) is 0 Å². The van der Waals surface area contributed by atoms with E-state index < -0.39 is 0 Å². The summed E-state index contributed by atoms with van der Waals surface area (Å²) in [5, 5.41) is 0. The van der Waals surface area contributed by atoms with Crippen LogP contribution in [0.5, 0.6) is 0 Å². The fourth-order valence-corrected chi connectivity index (χ4v) is 4.46. The minimum Gasteiger partial charge on any atom is -0.375 e. The van der Waals surface area contributed by atoms with E-state index in [1.54, 1.807) is 0 Å². The van der Waals surface area contributed by atoms with Crippen LogP contribution in [0.25, 0.3) is 0 Å². The maximum atomic E-state index is 6.22. The summed E-state index contributed by atoms with van der Waals surface area (Å²) < 4.78 is 5.92. The van der Waals surface area contributed by atoms with Crippen molar-refractivity contribution in [3.8, 4) is 0 Å². The lowest BCUT2D eigenvalue weighted by molar-refractivity contribution is -0.114. The molecule has 0 radical (unpaired) electrons. The molecule has 0 saturated carbocycles. The third-order valence-electron chi connectivity index (χ3n) is 4.98. The molecule has 3 nitrogen and oxygen atoms in total. The van der Waals surface area contributed by atoms with E-state index in [4.69, 9.17) is 10.5 Å². The number of hydrogen-bond acceptors (Lipinski definition) is 3. The van der Waals surface area contributed by atoms with Crippen molar-refractivity contribution in [1.29, 1.82) is 0 Å². The Balaban J connectivity index is 2.24. The third-order valence-corrected chi connectivity index (χ3v) is 4.98. The molecular formula is C15H30N2O. The Bertz CT molecular complexity index is 272. The molecule has 2 heterocycles. The Morgan fingerprint density at radius 1 is 1.17 bits per heavy atom. The Kier molecular flexibility index (Phi) is 4.35. The molecule has 0 aromatic heterocycles. The molecule has 2 aliphatic heterocycles. The van der Waals surface area contributed by atoms with E-state index in [1.165, 1.54) is 19.3 Å². The molecule has 4 unspecified atom stereocenters. The van der Waals surface area contributed by atoms with Crippen molar-refractivity contribution in [2.45, 2.75) is 89.6 Å². The third kappa shape index (κ3) is 2.45. The van der Waals surface area contributed by atoms with Gasteiger partial charge in [0.1, 0.15) is 0 Å². The maximum absolute atomic E-state index is 6.22. The minimum atomic E-state index is 0.174. The Hall–Kier alpha value is -0.120. The average molecular weight is 254 g/mol. The van der Waals surface area contributed by atoms with E-state index in [0.717, 1.165) is 25.4 Å². The molecule has 0 amide bonds. The van der Waals surface area contributed by atoms with Crippen LogP contribution in [0.3, 0.4) is 0 Å². The Morgan fingerprint density at radius 3 is 2.28 bits per heavy atom. The van der Waals surface area contributed by atoms with Crippen LogP contribution < -0.4 is 5.73 Å². The Labute approximate surface area is 112 Å². The van der Waals surface area contributed by atoms with Crippen LogP contribution in [-0.2, 0) is 4.74 Å². The molecule has 2 rings (SSSR count). The first kappa shape index (κ1) is 14.3. The molecule has 0 aromatic rings. The van der Waals surface area contributed by atoms with Crippen molar-refractivity contribution in [1.82, 2.24) is 4.90 Å². The van der Waals surface area contributed by atoms with Gasteiger partial charge in [0.05, 0.1) is 12.2 Å². The standard InChI is InChI=1S/C15H30N2O/c1-5-14-7-6-11(2)17(14)15(10-16)8-12(3)18-13(4)9-15/h11-14H,5-10,16H2,1-4H3. The quantitative estimate of drug-likeness (QED) is 0.841. The fraction of sp³-hybridized carbons (Fsp3) is 1.00. The van der Waals surface area contributed by atoms with Crippen molar-refractivity contribution in [3.63, 3.8) is 0 Å². The van der Waals surface area contributed by atoms with Crippen LogP contribution in [0, 0.1) is 0 Å². The van der Waals surface area contributed by atoms with Gasteiger partial charge >= 0.3 is 0 Å². The van der Waals surface area contributed by atoms with Crippen molar-refractivity contribution < 1.29 is 4.74 Å². The molecule has 0 aliphatic carbocycles. The first-order valence-electron chi connectivity index (χ1n) is 7.66. The van der Waals surface area contributed by atoms with E-state index in [-0.39, 0.29) is 5.54 Å². The predicted molar refractivity (Wildman–Crippen MR) is 75.6 cm³/mol. The molecule has 18 heavy (non-hydrogen) atoms. The number of hydrogen-bond donors (Lipinski definition) is 1. The van der Waals surface area contributed by atoms with Gasteiger partial charge in [-0.05, 0) is 52.9 Å². The molecule has 4 atom stereocenters. The summed E-state index contributed by atoms with van der Waals surface area (Å²) in [4.78, 5) is 2.75. The summed E-state index contributed by atoms with van der Waals surface area (Å²) in [5.41, 5.74) is 6.40. The molecule has 0 aromatic carbocycles. The van der Waals surface area contributed by atoms with Gasteiger partial charge in [0.25, 0.3) is 0 Å². The Morgan fingerprint density at radius 2 is 1.78 bits per heavy atom. The van der Waals surface area contributed by atoms with Crippen LogP contribution in [0.2, 0.25) is 0 Å². The van der Waals surface area contributed by atoms with Crippen LogP contribution in [0.15, 0.2) is 0 Å². The normalized spacial score (nSPS) is 46.5. The molecule has 2 saturated heterocycles. The van der Waals surface area contributed by atoms with Gasteiger partial charge < -0.3 is 10.5 Å². The topological polar surface area (TPSA) is 38.5 Å². The molecule has 0 spiro atoms. The SMILES string of the molecule is CCC1CCC(C)N1C1(CN)CC(C)OC(C)C1. The van der Waals surface area contributed by atoms with Gasteiger partial charge in [-0.1, -0.05) is 6.92 Å². The van der Waals surface area contributed by atoms with Crippen LogP contribution in [-0.4, -0.2) is 41.3 Å². The van der Waals surface area contributed by atoms with Gasteiger partial charge in [-0.25, -0.2) is 0 Å². The maximum Gasteiger partial charge on any atom is 0.0568 e. The van der Waals surface area contributed by atoms with E-state index in [1.807, 2.05) is 0 Å². The second-order valence-corrected chi connectivity index (χ2v) is 6.49. The van der Waals surface area contributed by atoms with Gasteiger partial charge in [0.2, 0.25) is 0 Å². The highest BCUT2D eigenvalue weighted by Gasteiger charge is 2.48. The van der Waals surface area contributed by atoms with Crippen molar-refractivity contribution in [2.75, 3.05) is 6.54 Å². The van der Waals surface area contributed by atoms with Gasteiger partial charge in [-0.2, -0.15) is 0 Å². The first-order valence-corrected chi connectivity index (χ1v) is 7.66. The average Bonchev–Trinajstić information content (AvgIpc) is 2.69. The van der Waals surface area contributed by atoms with Crippen LogP contribution in [0.4, 0.5) is 0 Å². The van der Waals surface area contributed by atoms with Gasteiger partial charge in [0.15, 0.2) is 0 Å². The molecule has 2 aliphatic rings. The largest absolute Gasteiger partial charge is 0.375 e. The highest BCUT2D eigenvalue weighted by Crippen LogP contribution is 2.41. The highest BCUT2D eigenvalue weighted by atomic mass is 16.5. The summed E-state index contributed by atoms with van der Waals surface area (Å²) in [5.74, 6) is 0. The van der Waals surface area contributed by atoms with E-state index >= 15 is 0 Å². The smallest absolute Gasteiger partial charge is 0.0568 e. The van der Waals surface area contributed by atoms with Crippen molar-refractivity contribution in [2.24, 2.45) is 5.73 Å². The number of ether oxygens (including phenoxy) is 1. The van der Waals surface area contributed by atoms with Crippen LogP contribution in [0.1, 0.15) is 59.8 Å². The fourth-order valence-electron chi connectivity index (χ4n) is 4.46. The lowest BCUT2D eigenvalue weighted by atomic mass is 9.81. The first-order chi connectivity index (χ1) is 8.52. The summed E-state index contributed by atoms with van der Waals surface area (Å²) >= 11 is 0. The summed E-state index contributed by atoms with van der Waals surface area (Å²) in [6.45, 7) is 9.85. The zero-order valence-electron chi connectivity index (χ0n) is 12.5. The molecule has 106 valence electrons. The second kappa shape index (κ2) is 5.48. The van der Waals surface area contributed by atoms with Gasteiger partial charge in [0, 0.05) is 24.2 Å². The van der Waals surface area contributed by atoms with Crippen molar-refractivity contribution in [3.05, 3.63) is 0 Å².